The summed E-state index contributed by atoms with van der Waals surface area (Å²) in [4.78, 5) is 22.3. The Kier molecular flexibility index (Phi) is 4.04. The van der Waals surface area contributed by atoms with Crippen LogP contribution in [0.15, 0.2) is 54.6 Å². The van der Waals surface area contributed by atoms with E-state index in [2.05, 4.69) is 0 Å². The van der Waals surface area contributed by atoms with Crippen LogP contribution in [0.25, 0.3) is 22.2 Å². The predicted molar refractivity (Wildman–Crippen MR) is 91.0 cm³/mol. The Labute approximate surface area is 138 Å². The molecule has 3 aromatic rings. The first-order valence-corrected chi connectivity index (χ1v) is 7.60. The number of carbonyl (C=O) groups is 1. The number of carboxylic acids is 1. The summed E-state index contributed by atoms with van der Waals surface area (Å²) in [6.45, 7) is 1.81. The first-order chi connectivity index (χ1) is 11.5. The molecule has 0 aliphatic heterocycles. The lowest BCUT2D eigenvalue weighted by atomic mass is 10.1. The molecular weight excluding hydrogens is 308 g/mol. The molecule has 0 saturated heterocycles. The summed E-state index contributed by atoms with van der Waals surface area (Å²) >= 11 is 0. The molecule has 1 heterocycles. The first-order valence-electron chi connectivity index (χ1n) is 7.60. The Morgan fingerprint density at radius 2 is 1.92 bits per heavy atom. The number of non-ortho nitro benzene ring substituents is 1. The van der Waals surface area contributed by atoms with Gasteiger partial charge in [-0.3, -0.25) is 10.1 Å². The molecule has 24 heavy (non-hydrogen) atoms. The van der Waals surface area contributed by atoms with Gasteiger partial charge in [0.15, 0.2) is 0 Å². The molecule has 1 atom stereocenters. The molecule has 3 rings (SSSR count). The van der Waals surface area contributed by atoms with Crippen molar-refractivity contribution in [2.24, 2.45) is 0 Å². The maximum absolute atomic E-state index is 11.7. The van der Waals surface area contributed by atoms with Crippen LogP contribution in [-0.2, 0) is 4.79 Å². The van der Waals surface area contributed by atoms with Crippen molar-refractivity contribution in [2.45, 2.75) is 19.4 Å². The standard InChI is InChI=1S/C18H16N2O4/c1-2-15(18(21)22)19-16-9-8-14(20(23)24)10-13(16)11-17(19)12-6-4-3-5-7-12/h3-11,15H,2H2,1H3,(H,21,22). The lowest BCUT2D eigenvalue weighted by molar-refractivity contribution is -0.384. The van der Waals surface area contributed by atoms with E-state index in [0.29, 0.717) is 17.3 Å². The van der Waals surface area contributed by atoms with Crippen LogP contribution in [0.2, 0.25) is 0 Å². The minimum atomic E-state index is -0.925. The second-order valence-electron chi connectivity index (χ2n) is 5.53. The number of carboxylic acid groups (broad SMARTS) is 1. The van der Waals surface area contributed by atoms with E-state index in [1.54, 1.807) is 10.6 Å². The van der Waals surface area contributed by atoms with Gasteiger partial charge in [0.2, 0.25) is 0 Å². The topological polar surface area (TPSA) is 85.4 Å². The Balaban J connectivity index is 2.32. The molecular formula is C18H16N2O4. The molecule has 0 aliphatic carbocycles. The fourth-order valence-electron chi connectivity index (χ4n) is 2.97. The molecule has 0 radical (unpaired) electrons. The molecule has 0 aliphatic rings. The summed E-state index contributed by atoms with van der Waals surface area (Å²) in [5.41, 5.74) is 2.27. The number of benzene rings is 2. The van der Waals surface area contributed by atoms with Crippen LogP contribution in [0.4, 0.5) is 5.69 Å². The van der Waals surface area contributed by atoms with Crippen LogP contribution >= 0.6 is 0 Å². The summed E-state index contributed by atoms with van der Waals surface area (Å²) < 4.78 is 1.75. The van der Waals surface area contributed by atoms with Gasteiger partial charge < -0.3 is 9.67 Å². The van der Waals surface area contributed by atoms with Gasteiger partial charge in [0.25, 0.3) is 5.69 Å². The fraction of sp³-hybridized carbons (Fsp3) is 0.167. The summed E-state index contributed by atoms with van der Waals surface area (Å²) in [5, 5.41) is 21.3. The molecule has 0 bridgehead atoms. The number of nitro groups is 1. The number of hydrogen-bond donors (Lipinski definition) is 1. The zero-order chi connectivity index (χ0) is 17.3. The summed E-state index contributed by atoms with van der Waals surface area (Å²) in [6.07, 6.45) is 0.413. The minimum absolute atomic E-state index is 0.0114. The average molecular weight is 324 g/mol. The quantitative estimate of drug-likeness (QED) is 0.561. The molecule has 122 valence electrons. The van der Waals surface area contributed by atoms with Crippen LogP contribution < -0.4 is 0 Å². The van der Waals surface area contributed by atoms with Crippen molar-refractivity contribution in [1.29, 1.82) is 0 Å². The van der Waals surface area contributed by atoms with Crippen LogP contribution in [0.5, 0.6) is 0 Å². The van der Waals surface area contributed by atoms with Crippen molar-refractivity contribution in [3.8, 4) is 11.3 Å². The van der Waals surface area contributed by atoms with Crippen molar-refractivity contribution in [1.82, 2.24) is 4.57 Å². The Hall–Kier alpha value is -3.15. The zero-order valence-corrected chi connectivity index (χ0v) is 13.0. The normalized spacial score (nSPS) is 12.2. The minimum Gasteiger partial charge on any atom is -0.480 e. The van der Waals surface area contributed by atoms with E-state index < -0.39 is 16.9 Å². The average Bonchev–Trinajstić information content (AvgIpc) is 2.94. The number of hydrogen-bond acceptors (Lipinski definition) is 3. The Bertz CT molecular complexity index is 915. The highest BCUT2D eigenvalue weighted by Gasteiger charge is 2.24. The van der Waals surface area contributed by atoms with Gasteiger partial charge in [0, 0.05) is 28.7 Å². The van der Waals surface area contributed by atoms with Gasteiger partial charge >= 0.3 is 5.97 Å². The highest BCUT2D eigenvalue weighted by molar-refractivity contribution is 5.90. The number of aliphatic carboxylic acids is 1. The van der Waals surface area contributed by atoms with Crippen molar-refractivity contribution in [3.05, 3.63) is 64.7 Å². The summed E-state index contributed by atoms with van der Waals surface area (Å²) in [5.74, 6) is -0.925. The van der Waals surface area contributed by atoms with Gasteiger partial charge in [-0.15, -0.1) is 0 Å². The molecule has 0 saturated carbocycles. The third kappa shape index (κ3) is 2.62. The Morgan fingerprint density at radius 3 is 2.50 bits per heavy atom. The third-order valence-corrected chi connectivity index (χ3v) is 4.09. The summed E-state index contributed by atoms with van der Waals surface area (Å²) in [7, 11) is 0. The summed E-state index contributed by atoms with van der Waals surface area (Å²) in [6, 6.07) is 15.0. The maximum atomic E-state index is 11.7. The van der Waals surface area contributed by atoms with Crippen LogP contribution in [0.3, 0.4) is 0 Å². The smallest absolute Gasteiger partial charge is 0.326 e. The van der Waals surface area contributed by atoms with Crippen molar-refractivity contribution in [2.75, 3.05) is 0 Å². The molecule has 1 aromatic heterocycles. The maximum Gasteiger partial charge on any atom is 0.326 e. The monoisotopic (exact) mass is 324 g/mol. The fourth-order valence-corrected chi connectivity index (χ4v) is 2.97. The van der Waals surface area contributed by atoms with E-state index in [1.165, 1.54) is 12.1 Å². The largest absolute Gasteiger partial charge is 0.480 e. The van der Waals surface area contributed by atoms with Gasteiger partial charge in [-0.05, 0) is 24.1 Å². The molecule has 0 fully saturated rings. The number of rotatable bonds is 5. The molecule has 6 heteroatoms. The molecule has 1 N–H and O–H groups in total. The lowest BCUT2D eigenvalue weighted by Crippen LogP contribution is -2.18. The van der Waals surface area contributed by atoms with E-state index in [4.69, 9.17) is 0 Å². The lowest BCUT2D eigenvalue weighted by Gasteiger charge is -2.18. The number of nitro benzene ring substituents is 1. The molecule has 0 spiro atoms. The highest BCUT2D eigenvalue weighted by atomic mass is 16.6. The van der Waals surface area contributed by atoms with E-state index in [9.17, 15) is 20.0 Å². The van der Waals surface area contributed by atoms with Crippen LogP contribution in [0.1, 0.15) is 19.4 Å². The van der Waals surface area contributed by atoms with Crippen molar-refractivity contribution in [3.63, 3.8) is 0 Å². The predicted octanol–water partition coefficient (Wildman–Crippen LogP) is 4.25. The third-order valence-electron chi connectivity index (χ3n) is 4.09. The van der Waals surface area contributed by atoms with Gasteiger partial charge in [-0.2, -0.15) is 0 Å². The molecule has 0 amide bonds. The number of nitrogens with zero attached hydrogens (tertiary/aromatic N) is 2. The second kappa shape index (κ2) is 6.16. The van der Waals surface area contributed by atoms with E-state index in [-0.39, 0.29) is 5.69 Å². The number of aromatic nitrogens is 1. The van der Waals surface area contributed by atoms with E-state index in [0.717, 1.165) is 11.3 Å². The van der Waals surface area contributed by atoms with Crippen molar-refractivity contribution >= 4 is 22.6 Å². The van der Waals surface area contributed by atoms with Crippen LogP contribution in [0, 0.1) is 10.1 Å². The SMILES string of the molecule is CCC(C(=O)O)n1c(-c2ccccc2)cc2cc([N+](=O)[O-])ccc21. The van der Waals surface area contributed by atoms with Crippen LogP contribution in [-0.4, -0.2) is 20.6 Å². The van der Waals surface area contributed by atoms with Crippen molar-refractivity contribution < 1.29 is 14.8 Å². The van der Waals surface area contributed by atoms with Gasteiger partial charge in [0.1, 0.15) is 6.04 Å². The molecule has 1 unspecified atom stereocenters. The molecule has 2 aromatic carbocycles. The first kappa shape index (κ1) is 15.7. The Morgan fingerprint density at radius 1 is 1.21 bits per heavy atom. The molecule has 6 nitrogen and oxygen atoms in total. The van der Waals surface area contributed by atoms with Gasteiger partial charge in [-0.25, -0.2) is 4.79 Å². The number of fused-ring (bicyclic) bond motifs is 1. The van der Waals surface area contributed by atoms with Gasteiger partial charge in [0.05, 0.1) is 4.92 Å². The highest BCUT2D eigenvalue weighted by Crippen LogP contribution is 2.34. The van der Waals surface area contributed by atoms with E-state index >= 15 is 0 Å². The zero-order valence-electron chi connectivity index (χ0n) is 13.0. The second-order valence-corrected chi connectivity index (χ2v) is 5.53. The van der Waals surface area contributed by atoms with E-state index in [1.807, 2.05) is 43.3 Å². The van der Waals surface area contributed by atoms with Gasteiger partial charge in [-0.1, -0.05) is 37.3 Å².